The Hall–Kier alpha value is -1.67. The average molecular weight is 1390 g/mol. The average Bonchev–Trinajstić information content (AvgIpc) is 0.911. The van der Waals surface area contributed by atoms with Gasteiger partial charge in [0.1, 0.15) is 6.61 Å². The van der Waals surface area contributed by atoms with Crippen molar-refractivity contribution < 1.29 is 109 Å². The van der Waals surface area contributed by atoms with E-state index in [0.29, 0.717) is 264 Å². The Morgan fingerprint density at radius 2 is 0.500 bits per heavy atom. The highest BCUT2D eigenvalue weighted by Gasteiger charge is 2.28. The lowest BCUT2D eigenvalue weighted by atomic mass is 10.1. The van der Waals surface area contributed by atoms with Crippen LogP contribution in [-0.4, -0.2) is 333 Å². The van der Waals surface area contributed by atoms with Crippen molar-refractivity contribution in [3.05, 3.63) is 12.2 Å². The van der Waals surface area contributed by atoms with Crippen molar-refractivity contribution in [2.45, 2.75) is 136 Å². The van der Waals surface area contributed by atoms with Gasteiger partial charge >= 0.3 is 5.97 Å². The standard InChI is InChI=1S/C72H143N2O22/c1-4-6-8-10-11-12-13-14-15-16-17-18-19-20-21-23-31-76-32-33-77-34-35-78-36-37-79-38-39-80-40-41-81-42-43-82-44-45-83-46-47-84-48-49-85-50-51-86-52-53-87-54-55-88-56-57-89-58-59-90-60-61-91-62-63-92-64-65-93-66-67-94-68-69-95-70-71-96-72(75)24-25-73-26-29-74(3,30-27-73)28-22-9-7-5-2/h14-15H,4-13,16-71H2,1-3H3/q+1. The molecule has 0 aromatic heterocycles. The zero-order valence-electron chi connectivity index (χ0n) is 61.2. The molecule has 0 bridgehead atoms. The number of ether oxygens (including phenoxy) is 21. The van der Waals surface area contributed by atoms with E-state index in [4.69, 9.17) is 99.5 Å². The van der Waals surface area contributed by atoms with Crippen molar-refractivity contribution in [2.24, 2.45) is 0 Å². The number of nitrogens with zero attached hydrogens (tertiary/aromatic N) is 2. The van der Waals surface area contributed by atoms with Crippen LogP contribution in [0.25, 0.3) is 0 Å². The van der Waals surface area contributed by atoms with Gasteiger partial charge in [0.05, 0.1) is 291 Å². The molecule has 96 heavy (non-hydrogen) atoms. The van der Waals surface area contributed by atoms with Crippen LogP contribution in [0.5, 0.6) is 0 Å². The van der Waals surface area contributed by atoms with Gasteiger partial charge in [-0.15, -0.1) is 0 Å². The Morgan fingerprint density at radius 1 is 0.281 bits per heavy atom. The summed E-state index contributed by atoms with van der Waals surface area (Å²) in [5, 5.41) is 0. The summed E-state index contributed by atoms with van der Waals surface area (Å²) in [5.74, 6) is -0.165. The van der Waals surface area contributed by atoms with Crippen molar-refractivity contribution in [2.75, 3.05) is 317 Å². The third kappa shape index (κ3) is 75.0. The zero-order valence-corrected chi connectivity index (χ0v) is 61.2. The molecule has 1 aliphatic heterocycles. The molecule has 1 saturated heterocycles. The molecular formula is C72H143N2O22+. The minimum atomic E-state index is -0.165. The van der Waals surface area contributed by atoms with Gasteiger partial charge in [-0.3, -0.25) is 9.69 Å². The maximum absolute atomic E-state index is 12.2. The number of rotatable bonds is 84. The maximum atomic E-state index is 12.2. The predicted molar refractivity (Wildman–Crippen MR) is 373 cm³/mol. The van der Waals surface area contributed by atoms with Crippen molar-refractivity contribution in [1.82, 2.24) is 4.90 Å². The highest BCUT2D eigenvalue weighted by molar-refractivity contribution is 5.69. The van der Waals surface area contributed by atoms with E-state index in [1.807, 2.05) is 0 Å². The number of allylic oxidation sites excluding steroid dienone is 2. The van der Waals surface area contributed by atoms with E-state index in [0.717, 1.165) is 50.2 Å². The molecule has 1 rings (SSSR count). The van der Waals surface area contributed by atoms with Gasteiger partial charge in [-0.2, -0.15) is 0 Å². The molecule has 0 radical (unpaired) electrons. The monoisotopic (exact) mass is 1390 g/mol. The summed E-state index contributed by atoms with van der Waals surface area (Å²) in [6.45, 7) is 31.4. The van der Waals surface area contributed by atoms with E-state index < -0.39 is 0 Å². The lowest BCUT2D eigenvalue weighted by Gasteiger charge is -2.42. The summed E-state index contributed by atoms with van der Waals surface area (Å²) in [4.78, 5) is 14.6. The van der Waals surface area contributed by atoms with Gasteiger partial charge in [-0.25, -0.2) is 0 Å². The van der Waals surface area contributed by atoms with Crippen LogP contribution < -0.4 is 0 Å². The molecule has 0 N–H and O–H groups in total. The quantitative estimate of drug-likeness (QED) is 0.0241. The Morgan fingerprint density at radius 3 is 0.771 bits per heavy atom. The fourth-order valence-corrected chi connectivity index (χ4v) is 9.62. The summed E-state index contributed by atoms with van der Waals surface area (Å²) in [5.41, 5.74) is 0. The molecular weight excluding hydrogens is 1240 g/mol. The first-order valence-corrected chi connectivity index (χ1v) is 37.5. The number of carbonyl (C=O) groups excluding carboxylic acids is 1. The maximum Gasteiger partial charge on any atom is 0.307 e. The molecule has 24 nitrogen and oxygen atoms in total. The number of quaternary nitrogens is 1. The highest BCUT2D eigenvalue weighted by Crippen LogP contribution is 2.14. The number of unbranched alkanes of at least 4 members (excludes halogenated alkanes) is 15. The first-order valence-electron chi connectivity index (χ1n) is 37.5. The van der Waals surface area contributed by atoms with Gasteiger partial charge in [0, 0.05) is 26.2 Å². The minimum absolute atomic E-state index is 0.165. The van der Waals surface area contributed by atoms with E-state index in [-0.39, 0.29) is 12.6 Å². The van der Waals surface area contributed by atoms with Gasteiger partial charge in [-0.1, -0.05) is 96.6 Å². The fraction of sp³-hybridized carbons (Fsp3) is 0.958. The third-order valence-electron chi connectivity index (χ3n) is 15.5. The van der Waals surface area contributed by atoms with Crippen LogP contribution in [0.15, 0.2) is 12.2 Å². The van der Waals surface area contributed by atoms with Gasteiger partial charge in [0.2, 0.25) is 0 Å². The number of carbonyl (C=O) groups is 1. The first kappa shape index (κ1) is 92.3. The molecule has 0 unspecified atom stereocenters. The molecule has 0 aliphatic carbocycles. The van der Waals surface area contributed by atoms with Gasteiger partial charge in [0.25, 0.3) is 0 Å². The number of likely N-dealkylation sites (N-methyl/N-ethyl adjacent to an activating group) is 1. The summed E-state index contributed by atoms with van der Waals surface area (Å²) in [6, 6.07) is 0. The van der Waals surface area contributed by atoms with Crippen LogP contribution >= 0.6 is 0 Å². The van der Waals surface area contributed by atoms with Crippen LogP contribution in [0.4, 0.5) is 0 Å². The van der Waals surface area contributed by atoms with Crippen LogP contribution in [0, 0.1) is 0 Å². The zero-order chi connectivity index (χ0) is 68.6. The van der Waals surface area contributed by atoms with Crippen LogP contribution in [0.3, 0.4) is 0 Å². The Labute approximate surface area is 582 Å². The Balaban J connectivity index is 1.61. The van der Waals surface area contributed by atoms with E-state index in [2.05, 4.69) is 37.9 Å². The van der Waals surface area contributed by atoms with E-state index in [1.54, 1.807) is 0 Å². The van der Waals surface area contributed by atoms with Gasteiger partial charge < -0.3 is 104 Å². The molecule has 1 fully saturated rings. The molecule has 1 aliphatic rings. The number of hydrogen-bond acceptors (Lipinski definition) is 23. The van der Waals surface area contributed by atoms with Crippen molar-refractivity contribution in [3.8, 4) is 0 Å². The molecule has 1 heterocycles. The Kier molecular flexibility index (Phi) is 77.6. The topological polar surface area (TPSA) is 214 Å². The summed E-state index contributed by atoms with van der Waals surface area (Å²) >= 11 is 0. The van der Waals surface area contributed by atoms with Crippen molar-refractivity contribution in [1.29, 1.82) is 0 Å². The van der Waals surface area contributed by atoms with Gasteiger partial charge in [-0.05, 0) is 44.9 Å². The molecule has 0 atom stereocenters. The minimum Gasteiger partial charge on any atom is -0.463 e. The van der Waals surface area contributed by atoms with E-state index in [1.165, 1.54) is 116 Å². The number of esters is 1. The molecule has 0 aromatic carbocycles. The number of piperazine rings is 1. The molecule has 0 amide bonds. The van der Waals surface area contributed by atoms with Crippen LogP contribution in [-0.2, 0) is 104 Å². The lowest BCUT2D eigenvalue weighted by Crippen LogP contribution is -2.57. The predicted octanol–water partition coefficient (Wildman–Crippen LogP) is 8.63. The molecule has 0 aromatic rings. The van der Waals surface area contributed by atoms with Crippen molar-refractivity contribution >= 4 is 5.97 Å². The Bertz CT molecular complexity index is 1510. The summed E-state index contributed by atoms with van der Waals surface area (Å²) in [6.07, 6.45) is 28.9. The van der Waals surface area contributed by atoms with Crippen LogP contribution in [0.1, 0.15) is 136 Å². The normalized spacial score (nSPS) is 13.5. The fourth-order valence-electron chi connectivity index (χ4n) is 9.62. The molecule has 0 saturated carbocycles. The second-order valence-electron chi connectivity index (χ2n) is 23.8. The second-order valence-corrected chi connectivity index (χ2v) is 23.8. The number of hydrogen-bond donors (Lipinski definition) is 0. The molecule has 0 spiro atoms. The smallest absolute Gasteiger partial charge is 0.307 e. The highest BCUT2D eigenvalue weighted by atomic mass is 16.6. The van der Waals surface area contributed by atoms with E-state index in [9.17, 15) is 4.79 Å². The van der Waals surface area contributed by atoms with E-state index >= 15 is 0 Å². The molecule has 24 heteroatoms. The third-order valence-corrected chi connectivity index (χ3v) is 15.5. The first-order chi connectivity index (χ1) is 47.6. The molecule has 572 valence electrons. The summed E-state index contributed by atoms with van der Waals surface area (Å²) in [7, 11) is 2.37. The van der Waals surface area contributed by atoms with Crippen molar-refractivity contribution in [3.63, 3.8) is 0 Å². The summed E-state index contributed by atoms with van der Waals surface area (Å²) < 4.78 is 118. The second kappa shape index (κ2) is 80.6. The lowest BCUT2D eigenvalue weighted by molar-refractivity contribution is -0.913. The van der Waals surface area contributed by atoms with Crippen LogP contribution in [0.2, 0.25) is 0 Å². The van der Waals surface area contributed by atoms with Gasteiger partial charge in [0.15, 0.2) is 0 Å². The SMILES string of the molecule is CCCCCCCCC=CCCCCCCCCOCCOCCOCCOCCOCCOCCOCCOCCOCCOCCOCCOCCOCCOCCOCCOCCOCCOCCOCCOCCOC(=O)CCN1CC[N+](C)(CCCCCC)CC1. The largest absolute Gasteiger partial charge is 0.463 e.